The van der Waals surface area contributed by atoms with Crippen molar-refractivity contribution in [2.24, 2.45) is 0 Å². The van der Waals surface area contributed by atoms with Crippen molar-refractivity contribution in [2.45, 2.75) is 32.1 Å². The first-order valence-electron chi connectivity index (χ1n) is 9.70. The van der Waals surface area contributed by atoms with E-state index in [-0.39, 0.29) is 29.1 Å². The highest BCUT2D eigenvalue weighted by Gasteiger charge is 2.43. The van der Waals surface area contributed by atoms with E-state index >= 15 is 0 Å². The minimum atomic E-state index is -2.32. The van der Waals surface area contributed by atoms with Crippen molar-refractivity contribution in [3.05, 3.63) is 81.6 Å². The number of ketones is 1. The molecule has 5 nitrogen and oxygen atoms in total. The molecule has 0 radical (unpaired) electrons. The molecular formula is C22H16F5N3O2. The zero-order valence-electron chi connectivity index (χ0n) is 16.7. The molecule has 0 fully saturated rings. The molecule has 1 aromatic heterocycles. The standard InChI is InChI=1S/C22H16F5N3O2/c1-9-13(22(32)30-12-7-2-3-8-28-12)15(14-10(29-9)5-4-6-11(14)31)16-17(23)19(25)21(27)20(26)18(16)24/h2-3,7-8,15,29H,4-6H2,1H3,(H,28,30,32)/t15-/m0/s1. The predicted molar refractivity (Wildman–Crippen MR) is 104 cm³/mol. The smallest absolute Gasteiger partial charge is 0.255 e. The SMILES string of the molecule is CC1=C(C(=O)Nc2ccccn2)[C@H](c2c(F)c(F)c(F)c(F)c2F)C2=C(CCCC2=O)N1. The minimum Gasteiger partial charge on any atom is -0.362 e. The van der Waals surface area contributed by atoms with Crippen molar-refractivity contribution in [3.8, 4) is 0 Å². The summed E-state index contributed by atoms with van der Waals surface area (Å²) >= 11 is 0. The van der Waals surface area contributed by atoms with Crippen LogP contribution in [0.5, 0.6) is 0 Å². The fourth-order valence-electron chi connectivity index (χ4n) is 4.07. The summed E-state index contributed by atoms with van der Waals surface area (Å²) in [5.74, 6) is -13.9. The Morgan fingerprint density at radius 1 is 1.03 bits per heavy atom. The van der Waals surface area contributed by atoms with Gasteiger partial charge in [-0.25, -0.2) is 26.9 Å². The summed E-state index contributed by atoms with van der Waals surface area (Å²) in [5, 5.41) is 5.34. The fourth-order valence-corrected chi connectivity index (χ4v) is 4.07. The summed E-state index contributed by atoms with van der Waals surface area (Å²) in [6.45, 7) is 1.43. The van der Waals surface area contributed by atoms with Gasteiger partial charge in [0.1, 0.15) is 5.82 Å². The molecule has 0 bridgehead atoms. The Labute approximate surface area is 179 Å². The molecule has 1 aromatic carbocycles. The molecule has 10 heteroatoms. The molecular weight excluding hydrogens is 433 g/mol. The van der Waals surface area contributed by atoms with E-state index in [1.54, 1.807) is 12.1 Å². The largest absolute Gasteiger partial charge is 0.362 e. The summed E-state index contributed by atoms with van der Waals surface area (Å²) in [5.41, 5.74) is -1.34. The Morgan fingerprint density at radius 3 is 2.31 bits per heavy atom. The second-order valence-corrected chi connectivity index (χ2v) is 7.42. The van der Waals surface area contributed by atoms with Crippen molar-refractivity contribution < 1.29 is 31.5 Å². The van der Waals surface area contributed by atoms with Crippen LogP contribution in [-0.2, 0) is 9.59 Å². The Morgan fingerprint density at radius 2 is 1.69 bits per heavy atom. The normalized spacial score (nSPS) is 18.4. The Bertz CT molecular complexity index is 1180. The van der Waals surface area contributed by atoms with Crippen molar-refractivity contribution in [1.29, 1.82) is 0 Å². The minimum absolute atomic E-state index is 0.0145. The first kappa shape index (κ1) is 21.7. The van der Waals surface area contributed by atoms with E-state index in [0.717, 1.165) is 0 Å². The summed E-state index contributed by atoms with van der Waals surface area (Å²) in [7, 11) is 0. The number of dihydropyridines is 1. The number of Topliss-reactive ketones (excluding diaryl/α,β-unsaturated/α-hetero) is 1. The molecule has 166 valence electrons. The van der Waals surface area contributed by atoms with Crippen LogP contribution in [0.1, 0.15) is 37.7 Å². The number of aromatic nitrogens is 1. The van der Waals surface area contributed by atoms with Gasteiger partial charge in [0, 0.05) is 40.7 Å². The number of anilines is 1. The van der Waals surface area contributed by atoms with Crippen molar-refractivity contribution in [2.75, 3.05) is 5.32 Å². The predicted octanol–water partition coefficient (Wildman–Crippen LogP) is 4.38. The number of nitrogens with zero attached hydrogens (tertiary/aromatic N) is 1. The van der Waals surface area contributed by atoms with Gasteiger partial charge in [-0.05, 0) is 31.9 Å². The summed E-state index contributed by atoms with van der Waals surface area (Å²) in [6.07, 6.45) is 2.17. The summed E-state index contributed by atoms with van der Waals surface area (Å²) in [4.78, 5) is 29.8. The van der Waals surface area contributed by atoms with Gasteiger partial charge >= 0.3 is 0 Å². The summed E-state index contributed by atoms with van der Waals surface area (Å²) < 4.78 is 71.4. The van der Waals surface area contributed by atoms with Crippen molar-refractivity contribution in [1.82, 2.24) is 10.3 Å². The van der Waals surface area contributed by atoms with Crippen molar-refractivity contribution >= 4 is 17.5 Å². The van der Waals surface area contributed by atoms with Crippen LogP contribution >= 0.6 is 0 Å². The number of hydrogen-bond donors (Lipinski definition) is 2. The molecule has 0 unspecified atom stereocenters. The maximum Gasteiger partial charge on any atom is 0.255 e. The number of halogens is 5. The van der Waals surface area contributed by atoms with E-state index < -0.39 is 52.3 Å². The van der Waals surface area contributed by atoms with E-state index in [9.17, 15) is 31.5 Å². The van der Waals surface area contributed by atoms with Gasteiger partial charge in [0.15, 0.2) is 29.1 Å². The molecule has 0 saturated carbocycles. The molecule has 1 aliphatic heterocycles. The van der Waals surface area contributed by atoms with E-state index in [1.807, 2.05) is 0 Å². The Balaban J connectivity index is 1.94. The third kappa shape index (κ3) is 3.45. The van der Waals surface area contributed by atoms with Crippen LogP contribution in [0.3, 0.4) is 0 Å². The molecule has 2 aromatic rings. The van der Waals surface area contributed by atoms with Crippen LogP contribution in [0.4, 0.5) is 27.8 Å². The zero-order valence-corrected chi connectivity index (χ0v) is 16.7. The number of carbonyl (C=O) groups excluding carboxylic acids is 2. The van der Waals surface area contributed by atoms with Crippen LogP contribution in [0.15, 0.2) is 46.9 Å². The second-order valence-electron chi connectivity index (χ2n) is 7.42. The molecule has 2 heterocycles. The van der Waals surface area contributed by atoms with Gasteiger partial charge in [-0.1, -0.05) is 6.07 Å². The fraction of sp³-hybridized carbons (Fsp3) is 0.227. The van der Waals surface area contributed by atoms with E-state index in [1.165, 1.54) is 19.2 Å². The molecule has 2 N–H and O–H groups in total. The lowest BCUT2D eigenvalue weighted by atomic mass is 9.74. The van der Waals surface area contributed by atoms with Crippen LogP contribution < -0.4 is 10.6 Å². The average Bonchev–Trinajstić information content (AvgIpc) is 2.77. The van der Waals surface area contributed by atoms with E-state index in [2.05, 4.69) is 15.6 Å². The van der Waals surface area contributed by atoms with Crippen molar-refractivity contribution in [3.63, 3.8) is 0 Å². The number of pyridine rings is 1. The van der Waals surface area contributed by atoms with Gasteiger partial charge < -0.3 is 10.6 Å². The highest BCUT2D eigenvalue weighted by molar-refractivity contribution is 6.09. The van der Waals surface area contributed by atoms with Crippen LogP contribution in [0.25, 0.3) is 0 Å². The van der Waals surface area contributed by atoms with Gasteiger partial charge in [0.05, 0.1) is 5.92 Å². The number of carbonyl (C=O) groups is 2. The molecule has 0 saturated heterocycles. The highest BCUT2D eigenvalue weighted by atomic mass is 19.2. The Hall–Kier alpha value is -3.56. The van der Waals surface area contributed by atoms with E-state index in [4.69, 9.17) is 0 Å². The Kier molecular flexibility index (Phi) is 5.53. The maximum absolute atomic E-state index is 14.8. The van der Waals surface area contributed by atoms with Crippen LogP contribution in [0.2, 0.25) is 0 Å². The number of nitrogens with one attached hydrogen (secondary N) is 2. The van der Waals surface area contributed by atoms with Gasteiger partial charge in [-0.3, -0.25) is 9.59 Å². The third-order valence-electron chi connectivity index (χ3n) is 5.46. The lowest BCUT2D eigenvalue weighted by molar-refractivity contribution is -0.116. The topological polar surface area (TPSA) is 71.1 Å². The lowest BCUT2D eigenvalue weighted by Crippen LogP contribution is -2.36. The van der Waals surface area contributed by atoms with E-state index in [0.29, 0.717) is 18.5 Å². The molecule has 1 aliphatic carbocycles. The zero-order chi connectivity index (χ0) is 23.2. The molecule has 1 amide bonds. The van der Waals surface area contributed by atoms with Crippen LogP contribution in [0, 0.1) is 29.1 Å². The maximum atomic E-state index is 14.8. The number of benzene rings is 1. The first-order chi connectivity index (χ1) is 15.2. The average molecular weight is 449 g/mol. The van der Waals surface area contributed by atoms with Gasteiger partial charge in [0.2, 0.25) is 5.82 Å². The van der Waals surface area contributed by atoms with Gasteiger partial charge in [-0.15, -0.1) is 0 Å². The third-order valence-corrected chi connectivity index (χ3v) is 5.46. The number of amides is 1. The number of hydrogen-bond acceptors (Lipinski definition) is 4. The number of allylic oxidation sites excluding steroid dienone is 3. The lowest BCUT2D eigenvalue weighted by Gasteiger charge is -2.34. The van der Waals surface area contributed by atoms with Gasteiger partial charge in [-0.2, -0.15) is 0 Å². The molecule has 2 aliphatic rings. The molecule has 4 rings (SSSR count). The molecule has 0 spiro atoms. The number of rotatable bonds is 3. The second kappa shape index (κ2) is 8.18. The molecule has 1 atom stereocenters. The van der Waals surface area contributed by atoms with Crippen LogP contribution in [-0.4, -0.2) is 16.7 Å². The highest BCUT2D eigenvalue weighted by Crippen LogP contribution is 2.45. The monoisotopic (exact) mass is 449 g/mol. The quantitative estimate of drug-likeness (QED) is 0.415. The molecule has 32 heavy (non-hydrogen) atoms. The van der Waals surface area contributed by atoms with Gasteiger partial charge in [0.25, 0.3) is 5.91 Å². The first-order valence-corrected chi connectivity index (χ1v) is 9.70. The summed E-state index contributed by atoms with van der Waals surface area (Å²) in [6, 6.07) is 4.63.